The fourth-order valence-corrected chi connectivity index (χ4v) is 4.59. The number of carbonyl (C=O) groups excluding carboxylic acids is 3. The summed E-state index contributed by atoms with van der Waals surface area (Å²) in [7, 11) is 0. The van der Waals surface area contributed by atoms with Crippen molar-refractivity contribution in [2.24, 2.45) is 0 Å². The van der Waals surface area contributed by atoms with E-state index in [0.29, 0.717) is 63.0 Å². The van der Waals surface area contributed by atoms with Gasteiger partial charge in [-0.05, 0) is 43.3 Å². The van der Waals surface area contributed by atoms with Crippen molar-refractivity contribution in [2.75, 3.05) is 55.7 Å². The first-order valence-corrected chi connectivity index (χ1v) is 11.6. The molecule has 9 heteroatoms. The normalized spacial score (nSPS) is 19.9. The molecule has 0 unspecified atom stereocenters. The third-order valence-corrected chi connectivity index (χ3v) is 6.50. The number of Topliss-reactive ketones (excluding diaryl/α,β-unsaturated/α-hetero) is 1. The molecular formula is C25H28N4O5. The average Bonchev–Trinajstić information content (AvgIpc) is 3.23. The molecule has 0 radical (unpaired) electrons. The van der Waals surface area contributed by atoms with Crippen LogP contribution in [0.2, 0.25) is 0 Å². The van der Waals surface area contributed by atoms with Crippen LogP contribution in [0.4, 0.5) is 16.2 Å². The van der Waals surface area contributed by atoms with Crippen LogP contribution in [0.3, 0.4) is 0 Å². The van der Waals surface area contributed by atoms with Crippen LogP contribution < -0.4 is 24.6 Å². The van der Waals surface area contributed by atoms with Crippen molar-refractivity contribution < 1.29 is 23.9 Å². The summed E-state index contributed by atoms with van der Waals surface area (Å²) in [6.45, 7) is 5.58. The van der Waals surface area contributed by atoms with Crippen LogP contribution in [0.15, 0.2) is 42.5 Å². The number of nitrogens with one attached hydrogen (secondary N) is 1. The van der Waals surface area contributed by atoms with Crippen molar-refractivity contribution in [3.05, 3.63) is 48.0 Å². The Bertz CT molecular complexity index is 1090. The van der Waals surface area contributed by atoms with E-state index >= 15 is 0 Å². The molecule has 0 saturated carbocycles. The highest BCUT2D eigenvalue weighted by Gasteiger charge is 2.33. The van der Waals surface area contributed by atoms with Gasteiger partial charge in [0.2, 0.25) is 5.91 Å². The number of amides is 3. The Labute approximate surface area is 198 Å². The van der Waals surface area contributed by atoms with Gasteiger partial charge in [0.15, 0.2) is 17.3 Å². The number of urea groups is 1. The zero-order valence-electron chi connectivity index (χ0n) is 19.2. The smallest absolute Gasteiger partial charge is 0.317 e. The molecule has 2 fully saturated rings. The van der Waals surface area contributed by atoms with Crippen molar-refractivity contribution in [1.82, 2.24) is 10.2 Å². The summed E-state index contributed by atoms with van der Waals surface area (Å²) in [4.78, 5) is 42.6. The van der Waals surface area contributed by atoms with Crippen LogP contribution in [-0.4, -0.2) is 74.6 Å². The first-order valence-electron chi connectivity index (χ1n) is 11.6. The topological polar surface area (TPSA) is 91.4 Å². The van der Waals surface area contributed by atoms with E-state index in [9.17, 15) is 14.4 Å². The van der Waals surface area contributed by atoms with Gasteiger partial charge in [0.1, 0.15) is 13.2 Å². The molecule has 1 N–H and O–H groups in total. The third kappa shape index (κ3) is 4.50. The molecule has 9 nitrogen and oxygen atoms in total. The number of piperazine rings is 1. The monoisotopic (exact) mass is 464 g/mol. The number of nitrogens with zero attached hydrogens (tertiary/aromatic N) is 3. The van der Waals surface area contributed by atoms with Crippen molar-refractivity contribution >= 4 is 29.1 Å². The van der Waals surface area contributed by atoms with Crippen LogP contribution in [0.1, 0.15) is 23.7 Å². The zero-order chi connectivity index (χ0) is 23.7. The molecule has 3 aliphatic rings. The number of benzene rings is 2. The lowest BCUT2D eigenvalue weighted by Crippen LogP contribution is -2.53. The Morgan fingerprint density at radius 2 is 1.59 bits per heavy atom. The summed E-state index contributed by atoms with van der Waals surface area (Å²) in [6.07, 6.45) is 0.267. The second-order valence-corrected chi connectivity index (χ2v) is 8.76. The molecule has 1 atom stereocenters. The summed E-state index contributed by atoms with van der Waals surface area (Å²) in [5.41, 5.74) is 2.48. The fraction of sp³-hybridized carbons (Fsp3) is 0.400. The van der Waals surface area contributed by atoms with E-state index < -0.39 is 0 Å². The minimum atomic E-state index is -0.245. The second kappa shape index (κ2) is 9.24. The first-order chi connectivity index (χ1) is 16.5. The van der Waals surface area contributed by atoms with Gasteiger partial charge in [-0.15, -0.1) is 0 Å². The fourth-order valence-electron chi connectivity index (χ4n) is 4.59. The zero-order valence-corrected chi connectivity index (χ0v) is 19.2. The standard InChI is InChI=1S/C25H28N4O5/c1-17(30)18-2-4-20(5-3-18)27-8-10-28(11-9-27)25(32)26-19-14-24(31)29(16-19)21-6-7-22-23(15-21)34-13-12-33-22/h2-7,15,19H,8-14,16H2,1H3,(H,26,32)/t19-/m0/s1. The van der Waals surface area contributed by atoms with Crippen molar-refractivity contribution in [3.8, 4) is 11.5 Å². The molecule has 3 amide bonds. The van der Waals surface area contributed by atoms with Crippen LogP contribution in [0.5, 0.6) is 11.5 Å². The highest BCUT2D eigenvalue weighted by Crippen LogP contribution is 2.35. The van der Waals surface area contributed by atoms with E-state index in [0.717, 1.165) is 11.4 Å². The van der Waals surface area contributed by atoms with Gasteiger partial charge in [0.25, 0.3) is 0 Å². The maximum absolute atomic E-state index is 12.9. The van der Waals surface area contributed by atoms with E-state index in [2.05, 4.69) is 10.2 Å². The molecule has 0 spiro atoms. The predicted molar refractivity (Wildman–Crippen MR) is 127 cm³/mol. The van der Waals surface area contributed by atoms with Crippen LogP contribution >= 0.6 is 0 Å². The summed E-state index contributed by atoms with van der Waals surface area (Å²) < 4.78 is 11.2. The molecule has 3 heterocycles. The first kappa shape index (κ1) is 22.1. The molecule has 2 aromatic rings. The third-order valence-electron chi connectivity index (χ3n) is 6.50. The Morgan fingerprint density at radius 1 is 0.912 bits per heavy atom. The molecule has 5 rings (SSSR count). The lowest BCUT2D eigenvalue weighted by Gasteiger charge is -2.36. The van der Waals surface area contributed by atoms with Gasteiger partial charge < -0.3 is 29.5 Å². The van der Waals surface area contributed by atoms with Gasteiger partial charge in [0.05, 0.1) is 6.04 Å². The van der Waals surface area contributed by atoms with Crippen molar-refractivity contribution in [1.29, 1.82) is 0 Å². The second-order valence-electron chi connectivity index (χ2n) is 8.76. The van der Waals surface area contributed by atoms with Crippen LogP contribution in [0, 0.1) is 0 Å². The Kier molecular flexibility index (Phi) is 6.00. The predicted octanol–water partition coefficient (Wildman–Crippen LogP) is 2.30. The number of fused-ring (bicyclic) bond motifs is 1. The molecule has 0 aromatic heterocycles. The van der Waals surface area contributed by atoms with Gasteiger partial charge in [-0.25, -0.2) is 4.79 Å². The Balaban J connectivity index is 1.14. The summed E-state index contributed by atoms with van der Waals surface area (Å²) >= 11 is 0. The average molecular weight is 465 g/mol. The van der Waals surface area contributed by atoms with E-state index in [1.807, 2.05) is 42.5 Å². The number of ether oxygens (including phenoxy) is 2. The van der Waals surface area contributed by atoms with Crippen LogP contribution in [0.25, 0.3) is 0 Å². The number of carbonyl (C=O) groups is 3. The summed E-state index contributed by atoms with van der Waals surface area (Å²) in [5.74, 6) is 1.34. The Hall–Kier alpha value is -3.75. The van der Waals surface area contributed by atoms with Gasteiger partial charge in [-0.2, -0.15) is 0 Å². The maximum Gasteiger partial charge on any atom is 0.317 e. The van der Waals surface area contributed by atoms with Crippen molar-refractivity contribution in [3.63, 3.8) is 0 Å². The number of hydrogen-bond acceptors (Lipinski definition) is 6. The Morgan fingerprint density at radius 3 is 2.29 bits per heavy atom. The highest BCUT2D eigenvalue weighted by atomic mass is 16.6. The largest absolute Gasteiger partial charge is 0.486 e. The van der Waals surface area contributed by atoms with E-state index in [1.54, 1.807) is 16.7 Å². The molecule has 2 aromatic carbocycles. The number of rotatable bonds is 4. The quantitative estimate of drug-likeness (QED) is 0.699. The number of anilines is 2. The SMILES string of the molecule is CC(=O)c1ccc(N2CCN(C(=O)N[C@H]3CC(=O)N(c4ccc5c(c4)OCCO5)C3)CC2)cc1. The number of ketones is 1. The molecule has 0 aliphatic carbocycles. The van der Waals surface area contributed by atoms with E-state index in [-0.39, 0.29) is 30.2 Å². The van der Waals surface area contributed by atoms with Gasteiger partial charge >= 0.3 is 6.03 Å². The minimum Gasteiger partial charge on any atom is -0.486 e. The maximum atomic E-state index is 12.9. The van der Waals surface area contributed by atoms with Gasteiger partial charge in [-0.1, -0.05) is 0 Å². The minimum absolute atomic E-state index is 0.0270. The van der Waals surface area contributed by atoms with Gasteiger partial charge in [0, 0.05) is 62.1 Å². The molecule has 0 bridgehead atoms. The molecule has 34 heavy (non-hydrogen) atoms. The van der Waals surface area contributed by atoms with Crippen molar-refractivity contribution in [2.45, 2.75) is 19.4 Å². The lowest BCUT2D eigenvalue weighted by molar-refractivity contribution is -0.117. The van der Waals surface area contributed by atoms with E-state index in [4.69, 9.17) is 9.47 Å². The summed E-state index contributed by atoms with van der Waals surface area (Å²) in [6, 6.07) is 12.7. The number of hydrogen-bond donors (Lipinski definition) is 1. The lowest BCUT2D eigenvalue weighted by atomic mass is 10.1. The molecular weight excluding hydrogens is 436 g/mol. The van der Waals surface area contributed by atoms with E-state index in [1.165, 1.54) is 0 Å². The van der Waals surface area contributed by atoms with Gasteiger partial charge in [-0.3, -0.25) is 9.59 Å². The molecule has 2 saturated heterocycles. The van der Waals surface area contributed by atoms with Crippen LogP contribution in [-0.2, 0) is 4.79 Å². The summed E-state index contributed by atoms with van der Waals surface area (Å²) in [5, 5.41) is 3.03. The molecule has 3 aliphatic heterocycles. The molecule has 178 valence electrons. The highest BCUT2D eigenvalue weighted by molar-refractivity contribution is 5.97.